The van der Waals surface area contributed by atoms with Crippen molar-refractivity contribution in [3.63, 3.8) is 0 Å². The third-order valence-corrected chi connectivity index (χ3v) is 16.0. The van der Waals surface area contributed by atoms with Gasteiger partial charge in [0.15, 0.2) is 0 Å². The van der Waals surface area contributed by atoms with Gasteiger partial charge in [-0.2, -0.15) is 10.2 Å². The average Bonchev–Trinajstić information content (AvgIpc) is 3.29. The molecule has 0 atom stereocenters. The lowest BCUT2D eigenvalue weighted by atomic mass is 9.98. The van der Waals surface area contributed by atoms with Crippen molar-refractivity contribution in [2.45, 2.75) is 310 Å². The van der Waals surface area contributed by atoms with Gasteiger partial charge in [0.25, 0.3) is 0 Å². The van der Waals surface area contributed by atoms with E-state index in [1.807, 2.05) is 0 Å². The molecule has 0 unspecified atom stereocenters. The monoisotopic (exact) mass is 1110 g/mol. The normalized spacial score (nSPS) is 11.8. The highest BCUT2D eigenvalue weighted by Crippen LogP contribution is 2.34. The van der Waals surface area contributed by atoms with E-state index in [-0.39, 0.29) is 0 Å². The van der Waals surface area contributed by atoms with E-state index in [1.54, 1.807) is 0 Å². The van der Waals surface area contributed by atoms with Gasteiger partial charge in [-0.15, -0.1) is 0 Å². The van der Waals surface area contributed by atoms with E-state index in [0.29, 0.717) is 0 Å². The van der Waals surface area contributed by atoms with Gasteiger partial charge in [0.2, 0.25) is 0 Å². The Kier molecular flexibility index (Phi) is 40.8. The molecule has 0 aliphatic rings. The van der Waals surface area contributed by atoms with Crippen LogP contribution in [0.15, 0.2) is 34.5 Å². The van der Waals surface area contributed by atoms with Gasteiger partial charge in [0, 0.05) is 7.14 Å². The molecule has 0 aliphatic heterocycles. The highest BCUT2D eigenvalue weighted by Gasteiger charge is 2.13. The molecule has 0 N–H and O–H groups in total. The number of unbranched alkanes of at least 4 members (excludes halogenated alkanes) is 36. The van der Waals surface area contributed by atoms with Gasteiger partial charge in [-0.05, 0) is 143 Å². The second-order valence-electron chi connectivity index (χ2n) is 20.1. The summed E-state index contributed by atoms with van der Waals surface area (Å²) in [4.78, 5) is 0. The summed E-state index contributed by atoms with van der Waals surface area (Å²) in [6, 6.07) is 9.88. The minimum absolute atomic E-state index is 1.11. The lowest BCUT2D eigenvalue weighted by molar-refractivity contribution is 0.555. The van der Waals surface area contributed by atoms with Crippen LogP contribution in [0.5, 0.6) is 0 Å². The Morgan fingerprint density at radius 2 is 0.438 bits per heavy atom. The molecule has 2 rings (SSSR count). The fourth-order valence-corrected chi connectivity index (χ4v) is 11.2. The summed E-state index contributed by atoms with van der Waals surface area (Å²) in [5, 5.41) is 10.5. The van der Waals surface area contributed by atoms with Gasteiger partial charge in [-0.3, -0.25) is 0 Å². The fourth-order valence-electron chi connectivity index (χ4n) is 9.58. The van der Waals surface area contributed by atoms with Crippen molar-refractivity contribution in [3.05, 3.63) is 53.7 Å². The van der Waals surface area contributed by atoms with Crippen LogP contribution >= 0.6 is 45.2 Å². The highest BCUT2D eigenvalue weighted by atomic mass is 127. The van der Waals surface area contributed by atoms with Crippen LogP contribution in [-0.2, 0) is 25.7 Å². The number of rotatable bonds is 46. The van der Waals surface area contributed by atoms with E-state index in [0.717, 1.165) is 37.1 Å². The first-order chi connectivity index (χ1) is 31.5. The van der Waals surface area contributed by atoms with Crippen molar-refractivity contribution in [1.82, 2.24) is 0 Å². The molecule has 0 heterocycles. The van der Waals surface area contributed by atoms with Gasteiger partial charge in [-0.1, -0.05) is 259 Å². The summed E-state index contributed by atoms with van der Waals surface area (Å²) in [5.41, 5.74) is 8.06. The van der Waals surface area contributed by atoms with E-state index in [4.69, 9.17) is 10.2 Å². The minimum Gasteiger partial charge on any atom is -0.150 e. The molecule has 368 valence electrons. The van der Waals surface area contributed by atoms with Crippen LogP contribution < -0.4 is 0 Å². The second-order valence-corrected chi connectivity index (χ2v) is 22.4. The molecule has 0 bridgehead atoms. The van der Waals surface area contributed by atoms with E-state index >= 15 is 0 Å². The van der Waals surface area contributed by atoms with E-state index in [1.165, 1.54) is 286 Å². The summed E-state index contributed by atoms with van der Waals surface area (Å²) in [7, 11) is 0. The quantitative estimate of drug-likeness (QED) is 0.0359. The van der Waals surface area contributed by atoms with Crippen LogP contribution in [0.3, 0.4) is 0 Å². The third-order valence-electron chi connectivity index (χ3n) is 14.0. The molecule has 0 saturated heterocycles. The number of azo groups is 1. The van der Waals surface area contributed by atoms with E-state index < -0.39 is 0 Å². The molecule has 4 heteroatoms. The molecular formula is C60H104I2N2. The third kappa shape index (κ3) is 31.5. The van der Waals surface area contributed by atoms with Gasteiger partial charge in [0.1, 0.15) is 0 Å². The maximum Gasteiger partial charge on any atom is 0.0892 e. The van der Waals surface area contributed by atoms with Crippen molar-refractivity contribution < 1.29 is 0 Å². The zero-order valence-electron chi connectivity index (χ0n) is 43.1. The van der Waals surface area contributed by atoms with Crippen molar-refractivity contribution in [1.29, 1.82) is 0 Å². The van der Waals surface area contributed by atoms with Crippen LogP contribution in [0.4, 0.5) is 11.4 Å². The molecule has 0 spiro atoms. The van der Waals surface area contributed by atoms with Crippen LogP contribution in [-0.4, -0.2) is 0 Å². The Morgan fingerprint density at radius 3 is 0.656 bits per heavy atom. The molecule has 0 fully saturated rings. The molecule has 0 aliphatic carbocycles. The van der Waals surface area contributed by atoms with Crippen molar-refractivity contribution in [2.75, 3.05) is 0 Å². The first-order valence-electron chi connectivity index (χ1n) is 28.6. The molecule has 0 aromatic heterocycles. The Bertz CT molecular complexity index is 1280. The summed E-state index contributed by atoms with van der Waals surface area (Å²) in [6.45, 7) is 9.26. The summed E-state index contributed by atoms with van der Waals surface area (Å²) in [6.07, 6.45) is 59.8. The number of hydrogen-bond acceptors (Lipinski definition) is 2. The lowest BCUT2D eigenvalue weighted by Crippen LogP contribution is -1.96. The van der Waals surface area contributed by atoms with Gasteiger partial charge >= 0.3 is 0 Å². The van der Waals surface area contributed by atoms with Crippen molar-refractivity contribution in [3.8, 4) is 0 Å². The average molecular weight is 1110 g/mol. The summed E-state index contributed by atoms with van der Waals surface area (Å²) < 4.78 is 2.87. The Morgan fingerprint density at radius 1 is 0.250 bits per heavy atom. The number of nitrogens with zero attached hydrogens (tertiary/aromatic N) is 2. The molecule has 64 heavy (non-hydrogen) atoms. The van der Waals surface area contributed by atoms with Crippen LogP contribution in [0.1, 0.15) is 307 Å². The van der Waals surface area contributed by atoms with Crippen molar-refractivity contribution >= 4 is 56.6 Å². The fraction of sp³-hybridized carbons (Fsp3) is 0.800. The smallest absolute Gasteiger partial charge is 0.0892 e. The first-order valence-corrected chi connectivity index (χ1v) is 30.7. The number of hydrogen-bond donors (Lipinski definition) is 0. The predicted molar refractivity (Wildman–Crippen MR) is 305 cm³/mol. The van der Waals surface area contributed by atoms with Gasteiger partial charge < -0.3 is 0 Å². The lowest BCUT2D eigenvalue weighted by Gasteiger charge is -2.13. The SMILES string of the molecule is CCCCCCCCCCCCc1cc(N=Nc2cc(CCCCCCCCCCCC)c(I)cc2CCCCCCCCCCCC)c(CCCCCCCCCCCC)cc1I. The molecule has 2 aromatic rings. The second kappa shape index (κ2) is 43.8. The van der Waals surface area contributed by atoms with Gasteiger partial charge in [-0.25, -0.2) is 0 Å². The number of aryl methyl sites for hydroxylation is 4. The van der Waals surface area contributed by atoms with Crippen LogP contribution in [0, 0.1) is 7.14 Å². The summed E-state index contributed by atoms with van der Waals surface area (Å²) >= 11 is 5.26. The Hall–Kier alpha value is -0.500. The zero-order chi connectivity index (χ0) is 46.0. The largest absolute Gasteiger partial charge is 0.150 e. The van der Waals surface area contributed by atoms with Crippen molar-refractivity contribution in [2.24, 2.45) is 10.2 Å². The predicted octanol–water partition coefficient (Wildman–Crippen LogP) is 23.2. The van der Waals surface area contributed by atoms with E-state index in [9.17, 15) is 0 Å². The Labute approximate surface area is 427 Å². The zero-order valence-corrected chi connectivity index (χ0v) is 47.4. The molecular weight excluding hydrogens is 1000 g/mol. The standard InChI is InChI=1S/C60H104I2N2/c1-5-9-13-17-21-25-29-33-37-41-45-53-51-59(55(49-57(53)61)47-43-39-35-31-27-23-19-15-11-7-3)63-64-60-52-54(46-42-38-34-30-26-22-18-14-10-6-2)58(62)50-56(60)48-44-40-36-32-28-24-20-16-12-8-4/h49-52H,5-48H2,1-4H3. The number of halogens is 2. The van der Waals surface area contributed by atoms with Crippen LogP contribution in [0.25, 0.3) is 0 Å². The number of benzene rings is 2. The maximum atomic E-state index is 5.25. The molecule has 0 radical (unpaired) electrons. The van der Waals surface area contributed by atoms with Crippen LogP contribution in [0.2, 0.25) is 0 Å². The maximum absolute atomic E-state index is 5.25. The molecule has 0 saturated carbocycles. The first kappa shape index (κ1) is 59.6. The molecule has 2 nitrogen and oxygen atoms in total. The van der Waals surface area contributed by atoms with Gasteiger partial charge in [0.05, 0.1) is 11.4 Å². The topological polar surface area (TPSA) is 24.7 Å². The minimum atomic E-state index is 1.11. The Balaban J connectivity index is 2.17. The van der Waals surface area contributed by atoms with E-state index in [2.05, 4.69) is 97.1 Å². The highest BCUT2D eigenvalue weighted by molar-refractivity contribution is 14.1. The summed E-state index contributed by atoms with van der Waals surface area (Å²) in [5.74, 6) is 0. The molecule has 2 aromatic carbocycles. The molecule has 0 amide bonds.